The van der Waals surface area contributed by atoms with Crippen LogP contribution in [0.4, 0.5) is 10.8 Å². The molecule has 0 radical (unpaired) electrons. The van der Waals surface area contributed by atoms with Crippen LogP contribution in [0, 0.1) is 5.92 Å². The predicted octanol–water partition coefficient (Wildman–Crippen LogP) is 1.24. The molecule has 1 unspecified atom stereocenters. The summed E-state index contributed by atoms with van der Waals surface area (Å²) in [7, 11) is 2.92. The molecule has 1 aliphatic heterocycles. The van der Waals surface area contributed by atoms with Gasteiger partial charge < -0.3 is 20.3 Å². The van der Waals surface area contributed by atoms with Crippen LogP contribution in [0.15, 0.2) is 35.4 Å². The topological polar surface area (TPSA) is 136 Å². The van der Waals surface area contributed by atoms with E-state index in [0.717, 1.165) is 19.4 Å². The Morgan fingerprint density at radius 1 is 1.24 bits per heavy atom. The quantitative estimate of drug-likeness (QED) is 0.499. The molecule has 12 heteroatoms. The van der Waals surface area contributed by atoms with Gasteiger partial charge in [0.1, 0.15) is 17.6 Å². The van der Waals surface area contributed by atoms with Crippen molar-refractivity contribution in [2.75, 3.05) is 37.5 Å². The SMILES string of the molecule is CNC(=O)C1CCCN(c2nc3ncn(CC(=O)Nc4ccc(C(=O)OC)cc4)c(=O)c3s2)C1. The fourth-order valence-corrected chi connectivity index (χ4v) is 4.82. The van der Waals surface area contributed by atoms with E-state index in [1.165, 1.54) is 41.5 Å². The number of thiazole rings is 1. The Bertz CT molecular complexity index is 1290. The van der Waals surface area contributed by atoms with Crippen LogP contribution in [0.25, 0.3) is 10.3 Å². The molecule has 2 amide bonds. The van der Waals surface area contributed by atoms with E-state index in [-0.39, 0.29) is 23.9 Å². The summed E-state index contributed by atoms with van der Waals surface area (Å²) in [6, 6.07) is 6.23. The number of rotatable bonds is 6. The first kappa shape index (κ1) is 23.4. The maximum atomic E-state index is 13.0. The van der Waals surface area contributed by atoms with Crippen LogP contribution in [0.2, 0.25) is 0 Å². The molecule has 4 rings (SSSR count). The number of anilines is 2. The van der Waals surface area contributed by atoms with Gasteiger partial charge in [-0.05, 0) is 37.1 Å². The molecule has 1 fully saturated rings. The van der Waals surface area contributed by atoms with E-state index in [0.29, 0.717) is 33.3 Å². The minimum atomic E-state index is -0.471. The van der Waals surface area contributed by atoms with Crippen molar-refractivity contribution >= 4 is 50.3 Å². The highest BCUT2D eigenvalue weighted by Gasteiger charge is 2.27. The number of aromatic nitrogens is 3. The summed E-state index contributed by atoms with van der Waals surface area (Å²) in [4.78, 5) is 59.7. The summed E-state index contributed by atoms with van der Waals surface area (Å²) in [5.41, 5.74) is 0.810. The lowest BCUT2D eigenvalue weighted by Gasteiger charge is -2.31. The highest BCUT2D eigenvalue weighted by atomic mass is 32.1. The van der Waals surface area contributed by atoms with E-state index in [4.69, 9.17) is 0 Å². The van der Waals surface area contributed by atoms with Crippen molar-refractivity contribution in [2.45, 2.75) is 19.4 Å². The largest absolute Gasteiger partial charge is 0.465 e. The first-order valence-electron chi connectivity index (χ1n) is 10.7. The summed E-state index contributed by atoms with van der Waals surface area (Å²) in [6.45, 7) is 1.06. The number of fused-ring (bicyclic) bond motifs is 1. The lowest BCUT2D eigenvalue weighted by Crippen LogP contribution is -2.42. The smallest absolute Gasteiger partial charge is 0.337 e. The van der Waals surface area contributed by atoms with Crippen molar-refractivity contribution in [1.29, 1.82) is 0 Å². The van der Waals surface area contributed by atoms with Crippen molar-refractivity contribution < 1.29 is 19.1 Å². The number of esters is 1. The lowest BCUT2D eigenvalue weighted by molar-refractivity contribution is -0.124. The molecular weight excluding hydrogens is 460 g/mol. The summed E-state index contributed by atoms with van der Waals surface area (Å²) in [5, 5.41) is 6.02. The fraction of sp³-hybridized carbons (Fsp3) is 0.364. The average Bonchev–Trinajstić information content (AvgIpc) is 3.30. The Hall–Kier alpha value is -3.80. The fourth-order valence-electron chi connectivity index (χ4n) is 3.81. The third-order valence-corrected chi connectivity index (χ3v) is 6.68. The van der Waals surface area contributed by atoms with Crippen LogP contribution in [0.1, 0.15) is 23.2 Å². The number of amides is 2. The highest BCUT2D eigenvalue weighted by molar-refractivity contribution is 7.22. The van der Waals surface area contributed by atoms with E-state index in [9.17, 15) is 19.2 Å². The van der Waals surface area contributed by atoms with E-state index in [2.05, 4.69) is 25.3 Å². The molecule has 34 heavy (non-hydrogen) atoms. The van der Waals surface area contributed by atoms with Crippen LogP contribution in [-0.2, 0) is 20.9 Å². The minimum absolute atomic E-state index is 0.00256. The molecule has 0 saturated carbocycles. The second-order valence-electron chi connectivity index (χ2n) is 7.84. The molecular formula is C22H24N6O5S. The number of carbonyl (C=O) groups is 3. The number of hydrogen-bond donors (Lipinski definition) is 2. The second kappa shape index (κ2) is 10.00. The maximum absolute atomic E-state index is 13.0. The van der Waals surface area contributed by atoms with Crippen LogP contribution in [-0.4, -0.2) is 59.6 Å². The van der Waals surface area contributed by atoms with Crippen LogP contribution >= 0.6 is 11.3 Å². The van der Waals surface area contributed by atoms with Crippen molar-refractivity contribution in [3.8, 4) is 0 Å². The molecule has 0 bridgehead atoms. The second-order valence-corrected chi connectivity index (χ2v) is 8.82. The van der Waals surface area contributed by atoms with Gasteiger partial charge in [0.05, 0.1) is 18.6 Å². The molecule has 1 saturated heterocycles. The van der Waals surface area contributed by atoms with Gasteiger partial charge in [-0.25, -0.2) is 9.78 Å². The van der Waals surface area contributed by atoms with Gasteiger partial charge in [0, 0.05) is 25.8 Å². The van der Waals surface area contributed by atoms with Crippen molar-refractivity contribution in [1.82, 2.24) is 19.9 Å². The van der Waals surface area contributed by atoms with Gasteiger partial charge in [-0.15, -0.1) is 0 Å². The number of ether oxygens (including phenoxy) is 1. The minimum Gasteiger partial charge on any atom is -0.465 e. The monoisotopic (exact) mass is 484 g/mol. The zero-order valence-electron chi connectivity index (χ0n) is 18.7. The van der Waals surface area contributed by atoms with Crippen LogP contribution < -0.4 is 21.1 Å². The number of hydrogen-bond acceptors (Lipinski definition) is 9. The first-order valence-corrected chi connectivity index (χ1v) is 11.5. The van der Waals surface area contributed by atoms with Crippen LogP contribution in [0.3, 0.4) is 0 Å². The van der Waals surface area contributed by atoms with Gasteiger partial charge in [-0.3, -0.25) is 19.0 Å². The number of carbonyl (C=O) groups excluding carboxylic acids is 3. The number of nitrogens with one attached hydrogen (secondary N) is 2. The van der Waals surface area contributed by atoms with Gasteiger partial charge in [-0.1, -0.05) is 11.3 Å². The zero-order valence-corrected chi connectivity index (χ0v) is 19.6. The summed E-state index contributed by atoms with van der Waals surface area (Å²) >= 11 is 1.22. The van der Waals surface area contributed by atoms with E-state index in [1.54, 1.807) is 19.2 Å². The molecule has 11 nitrogen and oxygen atoms in total. The first-order chi connectivity index (χ1) is 16.4. The van der Waals surface area contributed by atoms with E-state index >= 15 is 0 Å². The molecule has 1 aliphatic rings. The van der Waals surface area contributed by atoms with E-state index < -0.39 is 11.9 Å². The molecule has 2 aromatic heterocycles. The van der Waals surface area contributed by atoms with Crippen LogP contribution in [0.5, 0.6) is 0 Å². The van der Waals surface area contributed by atoms with Gasteiger partial charge >= 0.3 is 5.97 Å². The molecule has 0 spiro atoms. The summed E-state index contributed by atoms with van der Waals surface area (Å²) < 4.78 is 6.23. The molecule has 2 N–H and O–H groups in total. The lowest BCUT2D eigenvalue weighted by atomic mass is 9.98. The Labute approximate surface area is 198 Å². The number of nitrogens with zero attached hydrogens (tertiary/aromatic N) is 4. The Morgan fingerprint density at radius 3 is 2.71 bits per heavy atom. The van der Waals surface area contributed by atoms with Gasteiger partial charge in [0.2, 0.25) is 11.8 Å². The van der Waals surface area contributed by atoms with Crippen molar-refractivity contribution in [2.24, 2.45) is 5.92 Å². The van der Waals surface area contributed by atoms with Gasteiger partial charge in [-0.2, -0.15) is 4.98 Å². The van der Waals surface area contributed by atoms with Gasteiger partial charge in [0.25, 0.3) is 5.56 Å². The maximum Gasteiger partial charge on any atom is 0.337 e. The zero-order chi connectivity index (χ0) is 24.2. The average molecular weight is 485 g/mol. The molecule has 0 aliphatic carbocycles. The highest BCUT2D eigenvalue weighted by Crippen LogP contribution is 2.29. The molecule has 1 aromatic carbocycles. The Kier molecular flexibility index (Phi) is 6.87. The standard InChI is InChI=1S/C22H24N6O5S/c1-23-19(30)14-4-3-9-27(10-14)22-26-18-17(34-22)20(31)28(12-24-18)11-16(29)25-15-7-5-13(6-8-15)21(32)33-2/h5-8,12,14H,3-4,9-11H2,1-2H3,(H,23,30)(H,25,29). The molecule has 3 heterocycles. The van der Waals surface area contributed by atoms with E-state index in [1.807, 2.05) is 4.90 Å². The predicted molar refractivity (Wildman–Crippen MR) is 127 cm³/mol. The molecule has 1 atom stereocenters. The molecule has 3 aromatic rings. The molecule has 178 valence electrons. The third kappa shape index (κ3) is 4.91. The van der Waals surface area contributed by atoms with Crippen molar-refractivity contribution in [3.05, 3.63) is 46.5 Å². The van der Waals surface area contributed by atoms with Gasteiger partial charge in [0.15, 0.2) is 10.8 Å². The Balaban J connectivity index is 1.47. The number of piperidine rings is 1. The summed E-state index contributed by atoms with van der Waals surface area (Å²) in [5.74, 6) is -1.01. The Morgan fingerprint density at radius 2 is 2.00 bits per heavy atom. The van der Waals surface area contributed by atoms with Crippen molar-refractivity contribution in [3.63, 3.8) is 0 Å². The summed E-state index contributed by atoms with van der Waals surface area (Å²) in [6.07, 6.45) is 2.97. The number of benzene rings is 1. The normalized spacial score (nSPS) is 15.7. The number of methoxy groups -OCH3 is 1. The third-order valence-electron chi connectivity index (χ3n) is 5.59.